The van der Waals surface area contributed by atoms with Crippen molar-refractivity contribution in [2.45, 2.75) is 18.8 Å². The van der Waals surface area contributed by atoms with Crippen LogP contribution in [0.25, 0.3) is 0 Å². The van der Waals surface area contributed by atoms with Gasteiger partial charge in [0.1, 0.15) is 5.75 Å². The number of methoxy groups -OCH3 is 1. The van der Waals surface area contributed by atoms with Gasteiger partial charge in [-0.25, -0.2) is 0 Å². The zero-order valence-electron chi connectivity index (χ0n) is 9.43. The van der Waals surface area contributed by atoms with E-state index in [1.165, 1.54) is 5.56 Å². The van der Waals surface area contributed by atoms with E-state index < -0.39 is 0 Å². The van der Waals surface area contributed by atoms with E-state index in [9.17, 15) is 4.91 Å². The summed E-state index contributed by atoms with van der Waals surface area (Å²) in [6.45, 7) is 1.48. The third-order valence-electron chi connectivity index (χ3n) is 3.17. The maximum absolute atomic E-state index is 10.4. The maximum atomic E-state index is 10.4. The van der Waals surface area contributed by atoms with Crippen LogP contribution in [0.3, 0.4) is 0 Å². The normalized spacial score (nSPS) is 17.2. The number of piperidine rings is 1. The number of hydrogen-bond donors (Lipinski definition) is 0. The van der Waals surface area contributed by atoms with E-state index in [1.54, 1.807) is 12.1 Å². The van der Waals surface area contributed by atoms with Crippen molar-refractivity contribution in [1.29, 1.82) is 0 Å². The van der Waals surface area contributed by atoms with Crippen LogP contribution in [0.2, 0.25) is 0 Å². The molecular formula is C12H16N2O2. The molecule has 0 amide bonds. The van der Waals surface area contributed by atoms with Gasteiger partial charge in [-0.1, -0.05) is 18.2 Å². The van der Waals surface area contributed by atoms with E-state index in [2.05, 4.69) is 11.4 Å². The molecule has 1 aliphatic rings. The first-order valence-electron chi connectivity index (χ1n) is 5.56. The van der Waals surface area contributed by atoms with Crippen LogP contribution in [0.4, 0.5) is 0 Å². The van der Waals surface area contributed by atoms with Gasteiger partial charge < -0.3 is 4.74 Å². The number of ether oxygens (including phenoxy) is 1. The van der Waals surface area contributed by atoms with Crippen molar-refractivity contribution in [2.24, 2.45) is 5.29 Å². The van der Waals surface area contributed by atoms with E-state index >= 15 is 0 Å². The van der Waals surface area contributed by atoms with Crippen LogP contribution in [-0.2, 0) is 0 Å². The van der Waals surface area contributed by atoms with Crippen LogP contribution in [0.15, 0.2) is 29.6 Å². The van der Waals surface area contributed by atoms with Crippen molar-refractivity contribution in [3.05, 3.63) is 34.7 Å². The fraction of sp³-hybridized carbons (Fsp3) is 0.500. The Labute approximate surface area is 95.2 Å². The minimum atomic E-state index is 0.481. The van der Waals surface area contributed by atoms with Crippen molar-refractivity contribution in [3.63, 3.8) is 0 Å². The first-order chi connectivity index (χ1) is 7.85. The van der Waals surface area contributed by atoms with Crippen LogP contribution in [0, 0.1) is 4.91 Å². The molecule has 0 spiro atoms. The summed E-state index contributed by atoms with van der Waals surface area (Å²) >= 11 is 0. The van der Waals surface area contributed by atoms with Gasteiger partial charge in [0.05, 0.1) is 12.4 Å². The van der Waals surface area contributed by atoms with Crippen molar-refractivity contribution in [3.8, 4) is 5.75 Å². The molecule has 2 rings (SSSR count). The Morgan fingerprint density at radius 2 is 2.00 bits per heavy atom. The molecule has 0 saturated carbocycles. The van der Waals surface area contributed by atoms with Gasteiger partial charge >= 0.3 is 0 Å². The molecule has 0 aliphatic carbocycles. The largest absolute Gasteiger partial charge is 0.496 e. The second-order valence-electron chi connectivity index (χ2n) is 4.05. The molecule has 4 heteroatoms. The van der Waals surface area contributed by atoms with Gasteiger partial charge in [-0.05, 0) is 30.4 Å². The van der Waals surface area contributed by atoms with E-state index in [1.807, 2.05) is 18.2 Å². The van der Waals surface area contributed by atoms with Gasteiger partial charge in [-0.15, -0.1) is 4.91 Å². The second kappa shape index (κ2) is 4.96. The lowest BCUT2D eigenvalue weighted by Crippen LogP contribution is -2.28. The van der Waals surface area contributed by atoms with Gasteiger partial charge in [0.25, 0.3) is 0 Å². The predicted molar refractivity (Wildman–Crippen MR) is 62.3 cm³/mol. The highest BCUT2D eigenvalue weighted by Crippen LogP contribution is 2.33. The second-order valence-corrected chi connectivity index (χ2v) is 4.05. The van der Waals surface area contributed by atoms with Crippen molar-refractivity contribution in [2.75, 3.05) is 20.2 Å². The van der Waals surface area contributed by atoms with Crippen molar-refractivity contribution >= 4 is 0 Å². The number of rotatable bonds is 3. The number of hydrogen-bond acceptors (Lipinski definition) is 3. The molecule has 0 N–H and O–H groups in total. The monoisotopic (exact) mass is 220 g/mol. The average Bonchev–Trinajstić information content (AvgIpc) is 2.39. The molecule has 1 saturated heterocycles. The molecule has 0 atom stereocenters. The Hall–Kier alpha value is -1.58. The summed E-state index contributed by atoms with van der Waals surface area (Å²) in [6, 6.07) is 8.10. The zero-order chi connectivity index (χ0) is 11.4. The molecule has 1 aromatic rings. The van der Waals surface area contributed by atoms with E-state index in [4.69, 9.17) is 4.74 Å². The van der Waals surface area contributed by atoms with Crippen molar-refractivity contribution < 1.29 is 4.74 Å². The van der Waals surface area contributed by atoms with Crippen LogP contribution >= 0.6 is 0 Å². The standard InChI is InChI=1S/C12H16N2O2/c1-16-12-5-3-2-4-11(12)10-6-8-14(13-15)9-7-10/h2-5,10H,6-9H2,1H3. The first kappa shape index (κ1) is 10.9. The lowest BCUT2D eigenvalue weighted by atomic mass is 9.89. The lowest BCUT2D eigenvalue weighted by molar-refractivity contribution is 0.216. The SMILES string of the molecule is COc1ccccc1C1CCN(N=O)CC1. The zero-order valence-corrected chi connectivity index (χ0v) is 9.43. The first-order valence-corrected chi connectivity index (χ1v) is 5.56. The molecular weight excluding hydrogens is 204 g/mol. The highest BCUT2D eigenvalue weighted by molar-refractivity contribution is 5.36. The van der Waals surface area contributed by atoms with Gasteiger partial charge in [0, 0.05) is 13.1 Å². The summed E-state index contributed by atoms with van der Waals surface area (Å²) in [4.78, 5) is 10.4. The molecule has 86 valence electrons. The summed E-state index contributed by atoms with van der Waals surface area (Å²) < 4.78 is 5.35. The summed E-state index contributed by atoms with van der Waals surface area (Å²) in [5.41, 5.74) is 1.25. The predicted octanol–water partition coefficient (Wildman–Crippen LogP) is 2.56. The summed E-state index contributed by atoms with van der Waals surface area (Å²) in [5.74, 6) is 1.43. The summed E-state index contributed by atoms with van der Waals surface area (Å²) in [7, 11) is 1.70. The number of para-hydroxylation sites is 1. The Morgan fingerprint density at radius 3 is 2.62 bits per heavy atom. The molecule has 0 radical (unpaired) electrons. The molecule has 4 nitrogen and oxygen atoms in total. The van der Waals surface area contributed by atoms with Crippen LogP contribution < -0.4 is 4.74 Å². The minimum Gasteiger partial charge on any atom is -0.496 e. The molecule has 0 bridgehead atoms. The topological polar surface area (TPSA) is 41.9 Å². The van der Waals surface area contributed by atoms with Crippen LogP contribution in [-0.4, -0.2) is 25.2 Å². The van der Waals surface area contributed by atoms with Gasteiger partial charge in [0.15, 0.2) is 0 Å². The number of nitroso groups, excluding NO2 is 1. The quantitative estimate of drug-likeness (QED) is 0.735. The van der Waals surface area contributed by atoms with Crippen LogP contribution in [0.1, 0.15) is 24.3 Å². The Balaban J connectivity index is 2.10. The summed E-state index contributed by atoms with van der Waals surface area (Å²) in [5, 5.41) is 4.56. The third-order valence-corrected chi connectivity index (χ3v) is 3.17. The van der Waals surface area contributed by atoms with Gasteiger partial charge in [0.2, 0.25) is 0 Å². The van der Waals surface area contributed by atoms with E-state index in [0.29, 0.717) is 5.92 Å². The maximum Gasteiger partial charge on any atom is 0.122 e. The molecule has 1 heterocycles. The summed E-state index contributed by atoms with van der Waals surface area (Å²) in [6.07, 6.45) is 1.93. The highest BCUT2D eigenvalue weighted by atomic mass is 16.5. The molecule has 1 fully saturated rings. The Kier molecular flexibility index (Phi) is 3.39. The van der Waals surface area contributed by atoms with E-state index in [0.717, 1.165) is 31.7 Å². The number of benzene rings is 1. The molecule has 0 aromatic heterocycles. The smallest absolute Gasteiger partial charge is 0.122 e. The average molecular weight is 220 g/mol. The lowest BCUT2D eigenvalue weighted by Gasteiger charge is -2.28. The van der Waals surface area contributed by atoms with Gasteiger partial charge in [-0.2, -0.15) is 0 Å². The third kappa shape index (κ3) is 2.15. The van der Waals surface area contributed by atoms with Crippen molar-refractivity contribution in [1.82, 2.24) is 5.01 Å². The number of nitrogens with zero attached hydrogens (tertiary/aromatic N) is 2. The van der Waals surface area contributed by atoms with Crippen LogP contribution in [0.5, 0.6) is 5.75 Å². The Morgan fingerprint density at radius 1 is 1.31 bits per heavy atom. The molecule has 1 aromatic carbocycles. The highest BCUT2D eigenvalue weighted by Gasteiger charge is 2.22. The fourth-order valence-corrected chi connectivity index (χ4v) is 2.26. The molecule has 1 aliphatic heterocycles. The van der Waals surface area contributed by atoms with E-state index in [-0.39, 0.29) is 0 Å². The van der Waals surface area contributed by atoms with Gasteiger partial charge in [-0.3, -0.25) is 5.01 Å². The molecule has 0 unspecified atom stereocenters. The minimum absolute atomic E-state index is 0.481. The molecule has 16 heavy (non-hydrogen) atoms. The Bertz CT molecular complexity index is 360. The fourth-order valence-electron chi connectivity index (χ4n) is 2.26.